The molecule has 0 aliphatic carbocycles. The van der Waals surface area contributed by atoms with E-state index in [1.807, 2.05) is 49.3 Å². The molecule has 5 heteroatoms. The highest BCUT2D eigenvalue weighted by Gasteiger charge is 2.28. The first-order valence-corrected chi connectivity index (χ1v) is 7.91. The largest absolute Gasteiger partial charge is 0.383 e. The molecule has 2 aromatic heterocycles. The van der Waals surface area contributed by atoms with Gasteiger partial charge in [0, 0.05) is 32.4 Å². The van der Waals surface area contributed by atoms with Crippen LogP contribution in [0.5, 0.6) is 0 Å². The summed E-state index contributed by atoms with van der Waals surface area (Å²) >= 11 is 0. The number of fused-ring (bicyclic) bond motifs is 3. The Morgan fingerprint density at radius 2 is 2.00 bits per heavy atom. The number of rotatable bonds is 2. The number of hydrogen-bond donors (Lipinski definition) is 0. The molecule has 1 aliphatic rings. The Hall–Kier alpha value is -3.13. The fraction of sp³-hybridized carbons (Fsp3) is 0.211. The van der Waals surface area contributed by atoms with Crippen LogP contribution in [0.15, 0.2) is 42.9 Å². The standard InChI is InChI=1S/C19H17N5/c1-23(2)11-14-8-9-24-18(14)15(10-20)17-19(24)16(21-12-22-17)13-6-4-3-5-7-13/h3-7,11-12H,8-9H2,1-2H3/b14-11+. The van der Waals surface area contributed by atoms with Gasteiger partial charge < -0.3 is 9.47 Å². The molecule has 0 bridgehead atoms. The number of nitrogens with zero attached hydrogens (tertiary/aromatic N) is 5. The van der Waals surface area contributed by atoms with Gasteiger partial charge in [-0.05, 0) is 12.0 Å². The molecule has 0 fully saturated rings. The zero-order valence-electron chi connectivity index (χ0n) is 13.7. The van der Waals surface area contributed by atoms with E-state index >= 15 is 0 Å². The van der Waals surface area contributed by atoms with Crippen LogP contribution in [-0.4, -0.2) is 33.5 Å². The second-order valence-corrected chi connectivity index (χ2v) is 6.14. The van der Waals surface area contributed by atoms with Gasteiger partial charge in [0.1, 0.15) is 23.5 Å². The molecular weight excluding hydrogens is 298 g/mol. The van der Waals surface area contributed by atoms with Crippen molar-refractivity contribution >= 4 is 16.6 Å². The molecule has 5 nitrogen and oxygen atoms in total. The summed E-state index contributed by atoms with van der Waals surface area (Å²) in [5, 5.41) is 9.74. The predicted octanol–water partition coefficient (Wildman–Crippen LogP) is 3.28. The average Bonchev–Trinajstić information content (AvgIpc) is 3.13. The minimum atomic E-state index is 0.648. The van der Waals surface area contributed by atoms with Crippen LogP contribution in [0, 0.1) is 11.3 Å². The third kappa shape index (κ3) is 2.08. The van der Waals surface area contributed by atoms with E-state index in [0.29, 0.717) is 5.56 Å². The number of hydrogen-bond acceptors (Lipinski definition) is 4. The summed E-state index contributed by atoms with van der Waals surface area (Å²) < 4.78 is 2.20. The molecule has 24 heavy (non-hydrogen) atoms. The van der Waals surface area contributed by atoms with Gasteiger partial charge in [0.25, 0.3) is 0 Å². The van der Waals surface area contributed by atoms with E-state index in [4.69, 9.17) is 0 Å². The first-order valence-electron chi connectivity index (χ1n) is 7.91. The van der Waals surface area contributed by atoms with Crippen LogP contribution in [-0.2, 0) is 6.54 Å². The Labute approximate surface area is 140 Å². The van der Waals surface area contributed by atoms with E-state index in [-0.39, 0.29) is 0 Å². The molecule has 0 spiro atoms. The summed E-state index contributed by atoms with van der Waals surface area (Å²) in [6.45, 7) is 0.848. The molecule has 0 N–H and O–H groups in total. The zero-order chi connectivity index (χ0) is 16.7. The quantitative estimate of drug-likeness (QED) is 0.728. The minimum absolute atomic E-state index is 0.648. The van der Waals surface area contributed by atoms with E-state index in [2.05, 4.69) is 26.8 Å². The number of aryl methyl sites for hydroxylation is 1. The van der Waals surface area contributed by atoms with E-state index in [9.17, 15) is 5.26 Å². The molecule has 0 saturated carbocycles. The maximum Gasteiger partial charge on any atom is 0.116 e. The van der Waals surface area contributed by atoms with E-state index < -0.39 is 0 Å². The van der Waals surface area contributed by atoms with Crippen LogP contribution in [0.1, 0.15) is 17.7 Å². The van der Waals surface area contributed by atoms with Crippen molar-refractivity contribution in [2.24, 2.45) is 0 Å². The van der Waals surface area contributed by atoms with Crippen LogP contribution in [0.3, 0.4) is 0 Å². The molecule has 3 heterocycles. The second-order valence-electron chi connectivity index (χ2n) is 6.14. The molecule has 0 radical (unpaired) electrons. The fourth-order valence-corrected chi connectivity index (χ4v) is 3.44. The van der Waals surface area contributed by atoms with Gasteiger partial charge >= 0.3 is 0 Å². The van der Waals surface area contributed by atoms with Gasteiger partial charge in [0.2, 0.25) is 0 Å². The van der Waals surface area contributed by atoms with Crippen molar-refractivity contribution in [1.82, 2.24) is 19.4 Å². The first-order chi connectivity index (χ1) is 11.7. The highest BCUT2D eigenvalue weighted by Crippen LogP contribution is 2.39. The van der Waals surface area contributed by atoms with Crippen molar-refractivity contribution in [3.63, 3.8) is 0 Å². The van der Waals surface area contributed by atoms with Crippen LogP contribution in [0.4, 0.5) is 0 Å². The van der Waals surface area contributed by atoms with Gasteiger partial charge in [0.15, 0.2) is 0 Å². The maximum atomic E-state index is 9.74. The summed E-state index contributed by atoms with van der Waals surface area (Å²) in [5.41, 5.74) is 6.43. The molecule has 3 aromatic rings. The fourth-order valence-electron chi connectivity index (χ4n) is 3.44. The van der Waals surface area contributed by atoms with E-state index in [1.165, 1.54) is 5.57 Å². The van der Waals surface area contributed by atoms with Gasteiger partial charge in [-0.15, -0.1) is 0 Å². The van der Waals surface area contributed by atoms with E-state index in [0.717, 1.165) is 41.0 Å². The Morgan fingerprint density at radius 1 is 1.21 bits per heavy atom. The van der Waals surface area contributed by atoms with Gasteiger partial charge in [0.05, 0.1) is 16.9 Å². The number of allylic oxidation sites excluding steroid dienone is 1. The van der Waals surface area contributed by atoms with Gasteiger partial charge in [-0.25, -0.2) is 9.97 Å². The minimum Gasteiger partial charge on any atom is -0.383 e. The molecular formula is C19H17N5. The summed E-state index contributed by atoms with van der Waals surface area (Å²) in [5.74, 6) is 0. The second kappa shape index (κ2) is 5.50. The monoisotopic (exact) mass is 315 g/mol. The average molecular weight is 315 g/mol. The molecule has 4 rings (SSSR count). The third-order valence-corrected chi connectivity index (χ3v) is 4.32. The van der Waals surface area contributed by atoms with Crippen LogP contribution in [0.2, 0.25) is 0 Å². The SMILES string of the molecule is CN(C)/C=C1\CCn2c1c(C#N)c1ncnc(-c3ccccc3)c12. The maximum absolute atomic E-state index is 9.74. The first kappa shape index (κ1) is 14.5. The molecule has 1 aliphatic heterocycles. The molecule has 1 aromatic carbocycles. The number of benzene rings is 1. The molecule has 0 amide bonds. The molecule has 118 valence electrons. The van der Waals surface area contributed by atoms with Crippen molar-refractivity contribution in [3.8, 4) is 17.3 Å². The predicted molar refractivity (Wildman–Crippen MR) is 94.0 cm³/mol. The van der Waals surface area contributed by atoms with Crippen LogP contribution in [0.25, 0.3) is 27.9 Å². The van der Waals surface area contributed by atoms with Crippen molar-refractivity contribution in [2.75, 3.05) is 14.1 Å². The van der Waals surface area contributed by atoms with Gasteiger partial charge in [-0.2, -0.15) is 5.26 Å². The summed E-state index contributed by atoms with van der Waals surface area (Å²) in [4.78, 5) is 11.0. The normalized spacial score (nSPS) is 14.8. The third-order valence-electron chi connectivity index (χ3n) is 4.32. The summed E-state index contributed by atoms with van der Waals surface area (Å²) in [6, 6.07) is 12.4. The number of aromatic nitrogens is 3. The lowest BCUT2D eigenvalue weighted by Gasteiger charge is -2.07. The smallest absolute Gasteiger partial charge is 0.116 e. The Balaban J connectivity index is 2.07. The van der Waals surface area contributed by atoms with Crippen molar-refractivity contribution in [1.29, 1.82) is 5.26 Å². The summed E-state index contributed by atoms with van der Waals surface area (Å²) in [7, 11) is 4.00. The topological polar surface area (TPSA) is 57.7 Å². The van der Waals surface area contributed by atoms with Crippen LogP contribution < -0.4 is 0 Å². The van der Waals surface area contributed by atoms with Crippen molar-refractivity contribution in [3.05, 3.63) is 54.1 Å². The summed E-state index contributed by atoms with van der Waals surface area (Å²) in [6.07, 6.45) is 4.56. The van der Waals surface area contributed by atoms with Gasteiger partial charge in [-0.3, -0.25) is 0 Å². The van der Waals surface area contributed by atoms with Gasteiger partial charge in [-0.1, -0.05) is 30.3 Å². The Morgan fingerprint density at radius 3 is 2.71 bits per heavy atom. The Bertz CT molecular complexity index is 990. The lowest BCUT2D eigenvalue weighted by atomic mass is 10.1. The van der Waals surface area contributed by atoms with Crippen molar-refractivity contribution < 1.29 is 0 Å². The van der Waals surface area contributed by atoms with Crippen molar-refractivity contribution in [2.45, 2.75) is 13.0 Å². The Kier molecular flexibility index (Phi) is 3.31. The van der Waals surface area contributed by atoms with E-state index in [1.54, 1.807) is 6.33 Å². The zero-order valence-corrected chi connectivity index (χ0v) is 13.7. The molecule has 0 atom stereocenters. The molecule has 0 saturated heterocycles. The molecule has 0 unspecified atom stereocenters. The lowest BCUT2D eigenvalue weighted by molar-refractivity contribution is 0.564. The number of nitriles is 1. The highest BCUT2D eigenvalue weighted by molar-refractivity contribution is 5.98. The van der Waals surface area contributed by atoms with Crippen LogP contribution >= 0.6 is 0 Å². The lowest BCUT2D eigenvalue weighted by Crippen LogP contribution is -2.02. The highest BCUT2D eigenvalue weighted by atomic mass is 15.1.